The molecule has 0 saturated carbocycles. The first-order chi connectivity index (χ1) is 7.33. The van der Waals surface area contributed by atoms with E-state index in [1.54, 1.807) is 6.20 Å². The van der Waals surface area contributed by atoms with Crippen LogP contribution in [0.1, 0.15) is 17.5 Å². The summed E-state index contributed by atoms with van der Waals surface area (Å²) in [5, 5.41) is 0.867. The minimum Gasteiger partial charge on any atom is -0.494 e. The summed E-state index contributed by atoms with van der Waals surface area (Å²) < 4.78 is 5.35. The molecule has 0 amide bonds. The Bertz CT molecular complexity index is 497. The molecule has 15 heavy (non-hydrogen) atoms. The van der Waals surface area contributed by atoms with Crippen LogP contribution in [0.5, 0.6) is 5.75 Å². The summed E-state index contributed by atoms with van der Waals surface area (Å²) in [6.07, 6.45) is 2.25. The van der Waals surface area contributed by atoms with E-state index >= 15 is 0 Å². The molecule has 0 aliphatic rings. The summed E-state index contributed by atoms with van der Waals surface area (Å²) in [5.74, 6) is 0.985. The van der Waals surface area contributed by atoms with Gasteiger partial charge in [-0.15, -0.1) is 0 Å². The van der Waals surface area contributed by atoms with Gasteiger partial charge in [0.2, 0.25) is 0 Å². The third-order valence-corrected chi connectivity index (χ3v) is 1.99. The van der Waals surface area contributed by atoms with Crippen molar-refractivity contribution in [2.75, 3.05) is 6.61 Å². The maximum atomic E-state index is 10.5. The Morgan fingerprint density at radius 3 is 3.07 bits per heavy atom. The summed E-state index contributed by atoms with van der Waals surface area (Å²) >= 11 is 0. The number of nitrogens with zero attached hydrogens (tertiary/aromatic N) is 2. The van der Waals surface area contributed by atoms with Crippen molar-refractivity contribution < 1.29 is 9.53 Å². The number of hydrogen-bond donors (Lipinski definition) is 0. The van der Waals surface area contributed by atoms with Crippen LogP contribution in [0.3, 0.4) is 0 Å². The molecule has 0 radical (unpaired) electrons. The highest BCUT2D eigenvalue weighted by Gasteiger charge is 2.00. The van der Waals surface area contributed by atoms with Gasteiger partial charge in [-0.25, -0.2) is 9.97 Å². The van der Waals surface area contributed by atoms with Crippen LogP contribution in [-0.2, 0) is 0 Å². The normalized spacial score (nSPS) is 10.2. The Morgan fingerprint density at radius 2 is 2.33 bits per heavy atom. The number of fused-ring (bicyclic) bond motifs is 1. The van der Waals surface area contributed by atoms with E-state index in [0.29, 0.717) is 12.9 Å². The summed E-state index contributed by atoms with van der Waals surface area (Å²) in [5.41, 5.74) is 0.746. The highest BCUT2D eigenvalue weighted by molar-refractivity contribution is 5.82. The van der Waals surface area contributed by atoms with Gasteiger partial charge in [-0.3, -0.25) is 4.79 Å². The second kappa shape index (κ2) is 4.04. The van der Waals surface area contributed by atoms with E-state index in [2.05, 4.69) is 9.97 Å². The highest BCUT2D eigenvalue weighted by Crippen LogP contribution is 2.18. The van der Waals surface area contributed by atoms with E-state index in [0.717, 1.165) is 16.7 Å². The molecule has 0 unspecified atom stereocenters. The van der Waals surface area contributed by atoms with Gasteiger partial charge in [0, 0.05) is 11.6 Å². The maximum absolute atomic E-state index is 10.5. The van der Waals surface area contributed by atoms with Crippen LogP contribution < -0.4 is 4.74 Å². The number of carbonyl (C=O) groups excluding carboxylic acids is 1. The highest BCUT2D eigenvalue weighted by atomic mass is 16.5. The molecule has 0 N–H and O–H groups in total. The van der Waals surface area contributed by atoms with Crippen LogP contribution in [0, 0.1) is 0 Å². The fourth-order valence-corrected chi connectivity index (χ4v) is 1.34. The first-order valence-electron chi connectivity index (χ1n) is 4.68. The Kier molecular flexibility index (Phi) is 2.58. The molecule has 4 nitrogen and oxygen atoms in total. The first-order valence-corrected chi connectivity index (χ1v) is 4.68. The van der Waals surface area contributed by atoms with E-state index < -0.39 is 0 Å². The van der Waals surface area contributed by atoms with Gasteiger partial charge in [-0.1, -0.05) is 0 Å². The predicted octanol–water partition coefficient (Wildman–Crippen LogP) is 1.84. The third kappa shape index (κ3) is 1.93. The third-order valence-electron chi connectivity index (χ3n) is 1.99. The summed E-state index contributed by atoms with van der Waals surface area (Å²) in [4.78, 5) is 18.4. The second-order valence-electron chi connectivity index (χ2n) is 3.00. The lowest BCUT2D eigenvalue weighted by Crippen LogP contribution is -1.94. The Balaban J connectivity index is 2.49. The smallest absolute Gasteiger partial charge is 0.193 e. The number of hydrogen-bond acceptors (Lipinski definition) is 4. The van der Waals surface area contributed by atoms with Gasteiger partial charge in [-0.2, -0.15) is 0 Å². The zero-order valence-corrected chi connectivity index (χ0v) is 8.30. The van der Waals surface area contributed by atoms with Crippen LogP contribution in [-0.4, -0.2) is 22.9 Å². The summed E-state index contributed by atoms with van der Waals surface area (Å²) in [7, 11) is 0. The molecule has 0 fully saturated rings. The van der Waals surface area contributed by atoms with E-state index in [9.17, 15) is 4.79 Å². The Hall–Kier alpha value is -1.97. The first kappa shape index (κ1) is 9.58. The van der Waals surface area contributed by atoms with Gasteiger partial charge in [0.05, 0.1) is 12.1 Å². The average molecular weight is 202 g/mol. The van der Waals surface area contributed by atoms with Gasteiger partial charge < -0.3 is 4.74 Å². The van der Waals surface area contributed by atoms with E-state index in [-0.39, 0.29) is 5.82 Å². The van der Waals surface area contributed by atoms with Crippen molar-refractivity contribution in [2.45, 2.75) is 6.92 Å². The topological polar surface area (TPSA) is 52.1 Å². The predicted molar refractivity (Wildman–Crippen MR) is 56.1 cm³/mol. The average Bonchev–Trinajstić information content (AvgIpc) is 2.29. The fourth-order valence-electron chi connectivity index (χ4n) is 1.34. The van der Waals surface area contributed by atoms with Gasteiger partial charge in [0.1, 0.15) is 5.75 Å². The SMILES string of the molecule is CCOc1ccc2nc(C=O)ncc2c1. The Morgan fingerprint density at radius 1 is 1.47 bits per heavy atom. The Labute approximate surface area is 86.9 Å². The van der Waals surface area contributed by atoms with Crippen molar-refractivity contribution in [3.8, 4) is 5.75 Å². The minimum atomic E-state index is 0.201. The fraction of sp³-hybridized carbons (Fsp3) is 0.182. The number of rotatable bonds is 3. The van der Waals surface area contributed by atoms with E-state index in [4.69, 9.17) is 4.74 Å². The molecule has 76 valence electrons. The van der Waals surface area contributed by atoms with E-state index in [1.807, 2.05) is 25.1 Å². The van der Waals surface area contributed by atoms with Crippen molar-refractivity contribution in [2.24, 2.45) is 0 Å². The number of benzene rings is 1. The molecule has 1 heterocycles. The molecule has 2 aromatic rings. The molecule has 1 aromatic heterocycles. The van der Waals surface area contributed by atoms with Crippen molar-refractivity contribution >= 4 is 17.2 Å². The zero-order chi connectivity index (χ0) is 10.7. The van der Waals surface area contributed by atoms with Crippen molar-refractivity contribution in [3.05, 3.63) is 30.2 Å². The van der Waals surface area contributed by atoms with Crippen molar-refractivity contribution in [1.29, 1.82) is 0 Å². The van der Waals surface area contributed by atoms with Crippen LogP contribution >= 0.6 is 0 Å². The molecule has 0 spiro atoms. The number of aromatic nitrogens is 2. The standard InChI is InChI=1S/C11H10N2O2/c1-2-15-9-3-4-10-8(5-9)6-12-11(7-14)13-10/h3-7H,2H2,1H3. The van der Waals surface area contributed by atoms with Crippen LogP contribution in [0.25, 0.3) is 10.9 Å². The van der Waals surface area contributed by atoms with Crippen LogP contribution in [0.15, 0.2) is 24.4 Å². The van der Waals surface area contributed by atoms with Gasteiger partial charge in [-0.05, 0) is 25.1 Å². The summed E-state index contributed by atoms with van der Waals surface area (Å²) in [6, 6.07) is 5.50. The molecule has 0 atom stereocenters. The van der Waals surface area contributed by atoms with Crippen LogP contribution in [0.4, 0.5) is 0 Å². The lowest BCUT2D eigenvalue weighted by atomic mass is 10.2. The maximum Gasteiger partial charge on any atom is 0.193 e. The molecule has 0 saturated heterocycles. The largest absolute Gasteiger partial charge is 0.494 e. The molecular formula is C11H10N2O2. The lowest BCUT2D eigenvalue weighted by molar-refractivity contribution is 0.111. The molecule has 0 bridgehead atoms. The minimum absolute atomic E-state index is 0.201. The molecule has 4 heteroatoms. The monoisotopic (exact) mass is 202 g/mol. The van der Waals surface area contributed by atoms with Gasteiger partial charge >= 0.3 is 0 Å². The van der Waals surface area contributed by atoms with E-state index in [1.165, 1.54) is 0 Å². The quantitative estimate of drug-likeness (QED) is 0.712. The molecular weight excluding hydrogens is 192 g/mol. The molecule has 1 aromatic carbocycles. The molecule has 0 aliphatic heterocycles. The van der Waals surface area contributed by atoms with Gasteiger partial charge in [0.15, 0.2) is 12.1 Å². The van der Waals surface area contributed by atoms with Gasteiger partial charge in [0.25, 0.3) is 0 Å². The number of aldehydes is 1. The van der Waals surface area contributed by atoms with Crippen molar-refractivity contribution in [3.63, 3.8) is 0 Å². The number of ether oxygens (including phenoxy) is 1. The van der Waals surface area contributed by atoms with Crippen LogP contribution in [0.2, 0.25) is 0 Å². The lowest BCUT2D eigenvalue weighted by Gasteiger charge is -2.03. The van der Waals surface area contributed by atoms with Crippen molar-refractivity contribution in [1.82, 2.24) is 9.97 Å². The zero-order valence-electron chi connectivity index (χ0n) is 8.30. The second-order valence-corrected chi connectivity index (χ2v) is 3.00. The summed E-state index contributed by atoms with van der Waals surface area (Å²) in [6.45, 7) is 2.55. The number of carbonyl (C=O) groups is 1. The molecule has 2 rings (SSSR count). The molecule has 0 aliphatic carbocycles.